The second-order valence-corrected chi connectivity index (χ2v) is 2.25. The van der Waals surface area contributed by atoms with Crippen LogP contribution in [0.2, 0.25) is 0 Å². The standard InChI is InChI=1S/C8H10O2/c1-3-7-4-5-8(7)10-6(2)9/h3H,1,4-5H2,2H3. The summed E-state index contributed by atoms with van der Waals surface area (Å²) in [4.78, 5) is 10.4. The summed E-state index contributed by atoms with van der Waals surface area (Å²) in [5, 5.41) is 0. The highest BCUT2D eigenvalue weighted by molar-refractivity contribution is 5.67. The molecule has 0 N–H and O–H groups in total. The van der Waals surface area contributed by atoms with Crippen LogP contribution < -0.4 is 0 Å². The smallest absolute Gasteiger partial charge is 0.307 e. The third-order valence-electron chi connectivity index (χ3n) is 1.49. The van der Waals surface area contributed by atoms with Crippen molar-refractivity contribution in [1.29, 1.82) is 0 Å². The molecule has 0 saturated carbocycles. The molecule has 0 fully saturated rings. The van der Waals surface area contributed by atoms with Crippen molar-refractivity contribution in [2.75, 3.05) is 0 Å². The van der Waals surface area contributed by atoms with Crippen molar-refractivity contribution in [3.8, 4) is 0 Å². The van der Waals surface area contributed by atoms with E-state index in [9.17, 15) is 4.79 Å². The van der Waals surface area contributed by atoms with Crippen molar-refractivity contribution in [3.63, 3.8) is 0 Å². The molecule has 0 heterocycles. The van der Waals surface area contributed by atoms with Gasteiger partial charge in [0, 0.05) is 13.3 Å². The molecule has 0 aromatic rings. The average molecular weight is 138 g/mol. The molecule has 0 unspecified atom stereocenters. The normalized spacial score (nSPS) is 16.1. The molecule has 0 bridgehead atoms. The fourth-order valence-electron chi connectivity index (χ4n) is 0.877. The van der Waals surface area contributed by atoms with Gasteiger partial charge in [-0.1, -0.05) is 12.7 Å². The van der Waals surface area contributed by atoms with Gasteiger partial charge in [0.25, 0.3) is 0 Å². The third-order valence-corrected chi connectivity index (χ3v) is 1.49. The van der Waals surface area contributed by atoms with E-state index in [1.165, 1.54) is 6.92 Å². The summed E-state index contributed by atoms with van der Waals surface area (Å²) in [6.45, 7) is 5.00. The molecule has 0 aliphatic heterocycles. The van der Waals surface area contributed by atoms with Crippen molar-refractivity contribution in [2.24, 2.45) is 0 Å². The predicted molar refractivity (Wildman–Crippen MR) is 38.2 cm³/mol. The average Bonchev–Trinajstić information content (AvgIpc) is 1.82. The van der Waals surface area contributed by atoms with Gasteiger partial charge in [0.1, 0.15) is 5.76 Å². The van der Waals surface area contributed by atoms with E-state index in [2.05, 4.69) is 6.58 Å². The van der Waals surface area contributed by atoms with Crippen LogP contribution in [0.5, 0.6) is 0 Å². The topological polar surface area (TPSA) is 26.3 Å². The fraction of sp³-hybridized carbons (Fsp3) is 0.375. The molecule has 0 amide bonds. The first-order valence-electron chi connectivity index (χ1n) is 3.27. The molecule has 1 rings (SSSR count). The van der Waals surface area contributed by atoms with Crippen molar-refractivity contribution >= 4 is 5.97 Å². The van der Waals surface area contributed by atoms with Crippen LogP contribution in [0.1, 0.15) is 19.8 Å². The first-order chi connectivity index (χ1) is 4.74. The van der Waals surface area contributed by atoms with Crippen molar-refractivity contribution in [2.45, 2.75) is 19.8 Å². The maximum atomic E-state index is 10.4. The Morgan fingerprint density at radius 2 is 2.40 bits per heavy atom. The number of allylic oxidation sites excluding steroid dienone is 3. The Bertz CT molecular complexity index is 201. The van der Waals surface area contributed by atoms with Gasteiger partial charge >= 0.3 is 5.97 Å². The van der Waals surface area contributed by atoms with Crippen LogP contribution in [0.15, 0.2) is 24.0 Å². The van der Waals surface area contributed by atoms with Crippen molar-refractivity contribution in [3.05, 3.63) is 24.0 Å². The van der Waals surface area contributed by atoms with Crippen LogP contribution >= 0.6 is 0 Å². The zero-order valence-corrected chi connectivity index (χ0v) is 6.02. The molecule has 0 spiro atoms. The molecule has 10 heavy (non-hydrogen) atoms. The Labute approximate surface area is 60.2 Å². The summed E-state index contributed by atoms with van der Waals surface area (Å²) in [6, 6.07) is 0. The van der Waals surface area contributed by atoms with E-state index < -0.39 is 0 Å². The molecule has 2 heteroatoms. The van der Waals surface area contributed by atoms with E-state index in [-0.39, 0.29) is 5.97 Å². The maximum Gasteiger partial charge on any atom is 0.307 e. The largest absolute Gasteiger partial charge is 0.431 e. The molecule has 1 aliphatic rings. The van der Waals surface area contributed by atoms with Gasteiger partial charge in [0.15, 0.2) is 0 Å². The monoisotopic (exact) mass is 138 g/mol. The summed E-state index contributed by atoms with van der Waals surface area (Å²) in [6.07, 6.45) is 3.61. The molecular weight excluding hydrogens is 128 g/mol. The lowest BCUT2D eigenvalue weighted by atomic mass is 9.96. The molecule has 0 aromatic heterocycles. The molecule has 1 aliphatic carbocycles. The highest BCUT2D eigenvalue weighted by atomic mass is 16.5. The van der Waals surface area contributed by atoms with Gasteiger partial charge in [-0.3, -0.25) is 4.79 Å². The lowest BCUT2D eigenvalue weighted by molar-refractivity contribution is -0.137. The van der Waals surface area contributed by atoms with Crippen molar-refractivity contribution < 1.29 is 9.53 Å². The molecule has 0 radical (unpaired) electrons. The van der Waals surface area contributed by atoms with E-state index >= 15 is 0 Å². The van der Waals surface area contributed by atoms with Crippen LogP contribution in [0, 0.1) is 0 Å². The Hall–Kier alpha value is -1.05. The number of carbonyl (C=O) groups is 1. The van der Waals surface area contributed by atoms with Gasteiger partial charge in [-0.2, -0.15) is 0 Å². The van der Waals surface area contributed by atoms with Crippen LogP contribution in [0.4, 0.5) is 0 Å². The van der Waals surface area contributed by atoms with E-state index in [0.717, 1.165) is 24.2 Å². The first kappa shape index (κ1) is 7.06. The lowest BCUT2D eigenvalue weighted by Gasteiger charge is -2.19. The Morgan fingerprint density at radius 1 is 1.70 bits per heavy atom. The number of hydrogen-bond donors (Lipinski definition) is 0. The van der Waals surface area contributed by atoms with E-state index in [0.29, 0.717) is 0 Å². The van der Waals surface area contributed by atoms with Crippen LogP contribution in [0.3, 0.4) is 0 Å². The first-order valence-corrected chi connectivity index (χ1v) is 3.27. The van der Waals surface area contributed by atoms with E-state index in [1.54, 1.807) is 6.08 Å². The number of hydrogen-bond acceptors (Lipinski definition) is 2. The molecule has 0 saturated heterocycles. The Morgan fingerprint density at radius 3 is 2.70 bits per heavy atom. The van der Waals surface area contributed by atoms with Crippen LogP contribution in [-0.4, -0.2) is 5.97 Å². The van der Waals surface area contributed by atoms with E-state index in [4.69, 9.17) is 4.74 Å². The van der Waals surface area contributed by atoms with Gasteiger partial charge in [0.2, 0.25) is 0 Å². The lowest BCUT2D eigenvalue weighted by Crippen LogP contribution is -2.08. The summed E-state index contributed by atoms with van der Waals surface area (Å²) in [5.74, 6) is 0.552. The SMILES string of the molecule is C=CC1=C(OC(C)=O)CC1. The quantitative estimate of drug-likeness (QED) is 0.544. The third kappa shape index (κ3) is 1.26. The highest BCUT2D eigenvalue weighted by Crippen LogP contribution is 2.28. The second-order valence-electron chi connectivity index (χ2n) is 2.25. The van der Waals surface area contributed by atoms with Gasteiger partial charge in [-0.25, -0.2) is 0 Å². The zero-order valence-electron chi connectivity index (χ0n) is 6.02. The molecule has 0 atom stereocenters. The molecular formula is C8H10O2. The minimum absolute atomic E-state index is 0.242. The maximum absolute atomic E-state index is 10.4. The highest BCUT2D eigenvalue weighted by Gasteiger charge is 2.16. The van der Waals surface area contributed by atoms with Gasteiger partial charge in [0.05, 0.1) is 0 Å². The van der Waals surface area contributed by atoms with Gasteiger partial charge in [-0.15, -0.1) is 0 Å². The Kier molecular flexibility index (Phi) is 1.90. The minimum Gasteiger partial charge on any atom is -0.431 e. The summed E-state index contributed by atoms with van der Waals surface area (Å²) >= 11 is 0. The molecule has 0 aromatic carbocycles. The van der Waals surface area contributed by atoms with Gasteiger partial charge < -0.3 is 4.74 Å². The second kappa shape index (κ2) is 2.69. The number of ether oxygens (including phenoxy) is 1. The number of rotatable bonds is 2. The summed E-state index contributed by atoms with van der Waals surface area (Å²) < 4.78 is 4.86. The molecule has 2 nitrogen and oxygen atoms in total. The molecule has 54 valence electrons. The van der Waals surface area contributed by atoms with Crippen molar-refractivity contribution in [1.82, 2.24) is 0 Å². The Balaban J connectivity index is 2.57. The van der Waals surface area contributed by atoms with Gasteiger partial charge in [-0.05, 0) is 12.0 Å². The fourth-order valence-corrected chi connectivity index (χ4v) is 0.877. The van der Waals surface area contributed by atoms with Crippen LogP contribution in [-0.2, 0) is 9.53 Å². The zero-order chi connectivity index (χ0) is 7.56. The van der Waals surface area contributed by atoms with E-state index in [1.807, 2.05) is 0 Å². The van der Waals surface area contributed by atoms with Crippen LogP contribution in [0.25, 0.3) is 0 Å². The summed E-state index contributed by atoms with van der Waals surface area (Å²) in [7, 11) is 0. The minimum atomic E-state index is -0.242. The number of esters is 1. The summed E-state index contributed by atoms with van der Waals surface area (Å²) in [5.41, 5.74) is 1.07. The number of carbonyl (C=O) groups excluding carboxylic acids is 1. The predicted octanol–water partition coefficient (Wildman–Crippen LogP) is 1.78.